The lowest BCUT2D eigenvalue weighted by Gasteiger charge is -2.30. The molecule has 0 saturated heterocycles. The Balaban J connectivity index is 1.30. The summed E-state index contributed by atoms with van der Waals surface area (Å²) in [6, 6.07) is 40.7. The van der Waals surface area contributed by atoms with Crippen LogP contribution in [0.3, 0.4) is 0 Å². The largest absolute Gasteiger partial charge is 0.461 e. The fraction of sp³-hybridized carbons (Fsp3) is 0.154. The second kappa shape index (κ2) is 13.7. The van der Waals surface area contributed by atoms with Crippen molar-refractivity contribution in [1.29, 1.82) is 0 Å². The van der Waals surface area contributed by atoms with Gasteiger partial charge in [-0.2, -0.15) is 0 Å². The predicted molar refractivity (Wildman–Crippen MR) is 226 cm³/mol. The normalized spacial score (nSPS) is 13.8. The molecule has 0 spiro atoms. The Morgan fingerprint density at radius 3 is 1.43 bits per heavy atom. The van der Waals surface area contributed by atoms with Gasteiger partial charge in [0.2, 0.25) is 5.67 Å². The second-order valence-electron chi connectivity index (χ2n) is 13.3. The van der Waals surface area contributed by atoms with E-state index in [4.69, 9.17) is 15.0 Å². The number of rotatable bonds is 8. The highest BCUT2D eigenvalue weighted by molar-refractivity contribution is 9.25. The van der Waals surface area contributed by atoms with Gasteiger partial charge < -0.3 is 29.0 Å². The van der Waals surface area contributed by atoms with Crippen LogP contribution >= 0.6 is 31.5 Å². The van der Waals surface area contributed by atoms with E-state index >= 15 is 4.39 Å². The van der Waals surface area contributed by atoms with Gasteiger partial charge in [-0.05, 0) is 86.9 Å². The summed E-state index contributed by atoms with van der Waals surface area (Å²) in [7, 11) is 9.98. The Kier molecular flexibility index (Phi) is 9.06. The SMILES string of the molecule is CN(C)c1ccccc1N(C)c1cccc(C(F)(c2cccc(N3B(Br)N(C)c4ccccc43)n2)c2cccc(N3B(Br)N(C)c4ccccc43)n2)n1. The van der Waals surface area contributed by atoms with E-state index in [1.807, 2.05) is 131 Å². The van der Waals surface area contributed by atoms with E-state index in [9.17, 15) is 0 Å². The number of anilines is 9. The molecule has 6 aromatic rings. The van der Waals surface area contributed by atoms with Crippen LogP contribution in [0, 0.1) is 0 Å². The lowest BCUT2D eigenvalue weighted by Crippen LogP contribution is -2.39. The van der Waals surface area contributed by atoms with Gasteiger partial charge in [0.05, 0.1) is 39.8 Å². The zero-order valence-corrected chi connectivity index (χ0v) is 33.1. The van der Waals surface area contributed by atoms with Crippen LogP contribution in [0.1, 0.15) is 17.1 Å². The van der Waals surface area contributed by atoms with Gasteiger partial charge >= 0.3 is 11.6 Å². The monoisotopic (exact) mass is 829 g/mol. The molecular formula is C39H36B2Br2FN9. The number of halogens is 3. The molecule has 0 N–H and O–H groups in total. The lowest BCUT2D eigenvalue weighted by atomic mass is 9.91. The fourth-order valence-corrected chi connectivity index (χ4v) is 8.45. The van der Waals surface area contributed by atoms with Crippen LogP contribution in [0.15, 0.2) is 127 Å². The smallest absolute Gasteiger partial charge is 0.387 e. The summed E-state index contributed by atoms with van der Waals surface area (Å²) in [6.07, 6.45) is 0. The van der Waals surface area contributed by atoms with Crippen molar-refractivity contribution in [3.05, 3.63) is 144 Å². The van der Waals surface area contributed by atoms with E-state index in [0.29, 0.717) is 17.5 Å². The van der Waals surface area contributed by atoms with Gasteiger partial charge in [-0.1, -0.05) is 86.1 Å². The number of benzene rings is 3. The Morgan fingerprint density at radius 1 is 0.528 bits per heavy atom. The van der Waals surface area contributed by atoms with Crippen molar-refractivity contribution >= 4 is 94.7 Å². The van der Waals surface area contributed by atoms with Crippen molar-refractivity contribution in [2.45, 2.75) is 5.67 Å². The lowest BCUT2D eigenvalue weighted by molar-refractivity contribution is 0.259. The first-order chi connectivity index (χ1) is 25.6. The Labute approximate surface area is 326 Å². The van der Waals surface area contributed by atoms with E-state index in [-0.39, 0.29) is 28.7 Å². The molecule has 14 heteroatoms. The number of hydrogen-bond acceptors (Lipinski definition) is 9. The Bertz CT molecular complexity index is 2210. The first kappa shape index (κ1) is 35.0. The third-order valence-corrected chi connectivity index (χ3v) is 12.0. The van der Waals surface area contributed by atoms with Gasteiger partial charge in [-0.15, -0.1) is 0 Å². The molecule has 0 bridgehead atoms. The van der Waals surface area contributed by atoms with Gasteiger partial charge in [0, 0.05) is 32.5 Å². The summed E-state index contributed by atoms with van der Waals surface area (Å²) < 4.78 is 19.0. The minimum Gasteiger partial charge on any atom is -0.387 e. The van der Waals surface area contributed by atoms with Crippen molar-refractivity contribution in [2.24, 2.45) is 0 Å². The molecule has 0 atom stereocenters. The minimum absolute atomic E-state index is 0.168. The van der Waals surface area contributed by atoms with Crippen LogP contribution in [0.25, 0.3) is 0 Å². The van der Waals surface area contributed by atoms with Crippen LogP contribution < -0.4 is 29.0 Å². The quantitative estimate of drug-likeness (QED) is 0.140. The molecule has 2 aliphatic rings. The maximum absolute atomic E-state index is 19.0. The highest BCUT2D eigenvalue weighted by atomic mass is 79.9. The summed E-state index contributed by atoms with van der Waals surface area (Å²) in [6.45, 7) is 0. The zero-order valence-electron chi connectivity index (χ0n) is 29.9. The van der Waals surface area contributed by atoms with Gasteiger partial charge in [0.25, 0.3) is 0 Å². The average Bonchev–Trinajstić information content (AvgIpc) is 3.61. The molecule has 53 heavy (non-hydrogen) atoms. The van der Waals surface area contributed by atoms with E-state index in [1.165, 1.54) is 0 Å². The van der Waals surface area contributed by atoms with Gasteiger partial charge in [0.15, 0.2) is 0 Å². The molecule has 0 radical (unpaired) electrons. The van der Waals surface area contributed by atoms with Gasteiger partial charge in [-0.25, -0.2) is 19.3 Å². The maximum atomic E-state index is 19.0. The molecule has 5 heterocycles. The molecule has 2 aliphatic heterocycles. The molecule has 264 valence electrons. The molecule has 0 aliphatic carbocycles. The fourth-order valence-electron chi connectivity index (χ4n) is 7.15. The molecule has 3 aromatic carbocycles. The number of fused-ring (bicyclic) bond motifs is 2. The first-order valence-electron chi connectivity index (χ1n) is 17.2. The summed E-state index contributed by atoms with van der Waals surface area (Å²) in [4.78, 5) is 27.6. The topological polar surface area (TPSA) is 58.1 Å². The van der Waals surface area contributed by atoms with Crippen molar-refractivity contribution < 1.29 is 4.39 Å². The second-order valence-corrected chi connectivity index (χ2v) is 14.9. The molecule has 8 rings (SSSR count). The average molecular weight is 831 g/mol. The van der Waals surface area contributed by atoms with Crippen molar-refractivity contribution in [1.82, 2.24) is 15.0 Å². The third-order valence-electron chi connectivity index (χ3n) is 9.93. The Morgan fingerprint density at radius 2 is 0.943 bits per heavy atom. The molecule has 0 amide bonds. The molecule has 0 fully saturated rings. The minimum atomic E-state index is -2.36. The highest BCUT2D eigenvalue weighted by Crippen LogP contribution is 2.47. The van der Waals surface area contributed by atoms with Crippen LogP contribution in [0.5, 0.6) is 0 Å². The number of hydrogen-bond donors (Lipinski definition) is 0. The predicted octanol–water partition coefficient (Wildman–Crippen LogP) is 8.90. The first-order valence-corrected chi connectivity index (χ1v) is 19.0. The van der Waals surface area contributed by atoms with Gasteiger partial charge in [-0.3, -0.25) is 0 Å². The summed E-state index contributed by atoms with van der Waals surface area (Å²) in [5, 5.41) is 0. The van der Waals surface area contributed by atoms with Crippen molar-refractivity contribution in [3.8, 4) is 0 Å². The number of pyridine rings is 3. The summed E-state index contributed by atoms with van der Waals surface area (Å²) in [5.74, 6) is 1.30. The Hall–Kier alpha value is -5.07. The summed E-state index contributed by atoms with van der Waals surface area (Å²) >= 11 is 7.71. The number of para-hydroxylation sites is 6. The van der Waals surface area contributed by atoms with Crippen LogP contribution in [0.4, 0.5) is 56.0 Å². The van der Waals surface area contributed by atoms with E-state index in [2.05, 4.69) is 73.9 Å². The molecular weight excluding hydrogens is 795 g/mol. The van der Waals surface area contributed by atoms with E-state index in [0.717, 1.165) is 34.1 Å². The maximum Gasteiger partial charge on any atom is 0.461 e. The van der Waals surface area contributed by atoms with E-state index < -0.39 is 5.67 Å². The van der Waals surface area contributed by atoms with Crippen LogP contribution in [0.2, 0.25) is 0 Å². The molecule has 3 aromatic heterocycles. The molecule has 9 nitrogen and oxygen atoms in total. The zero-order chi connectivity index (χ0) is 37.0. The van der Waals surface area contributed by atoms with Crippen molar-refractivity contribution in [2.75, 3.05) is 64.3 Å². The standard InChI is InChI=1S/C39H36B2Br2FN9/c1-48(2)27-15-6-7-16-28(27)49(3)36-24-12-21-33(45-36)39(44,34-22-13-25-37(46-34)52-31-19-10-8-17-29(31)50(4)40(52)42)35-23-14-26-38(47-35)53-32-20-11-9-18-30(32)51(5)41(53)43/h6-26H,1-5H3. The number of nitrogens with zero attached hydrogens (tertiary/aromatic N) is 9. The van der Waals surface area contributed by atoms with E-state index in [1.54, 1.807) is 18.2 Å². The number of alkyl halides is 1. The third kappa shape index (κ3) is 5.79. The van der Waals surface area contributed by atoms with Crippen LogP contribution in [-0.2, 0) is 5.67 Å². The number of aromatic nitrogens is 3. The van der Waals surface area contributed by atoms with Crippen LogP contribution in [-0.4, -0.2) is 61.8 Å². The molecule has 0 unspecified atom stereocenters. The van der Waals surface area contributed by atoms with Gasteiger partial charge in [0.1, 0.15) is 17.5 Å². The summed E-state index contributed by atoms with van der Waals surface area (Å²) in [5.41, 5.74) is 4.11. The molecule has 0 saturated carbocycles. The highest BCUT2D eigenvalue weighted by Gasteiger charge is 2.45. The van der Waals surface area contributed by atoms with Crippen molar-refractivity contribution in [3.63, 3.8) is 0 Å².